The molecule has 1 fully saturated rings. The van der Waals surface area contributed by atoms with Crippen LogP contribution in [0.15, 0.2) is 48.9 Å². The van der Waals surface area contributed by atoms with Crippen LogP contribution >= 0.6 is 0 Å². The lowest BCUT2D eigenvalue weighted by Crippen LogP contribution is -2.48. The molecule has 0 spiro atoms. The fraction of sp³-hybridized carbons (Fsp3) is 0.250. The first-order valence-corrected chi connectivity index (χ1v) is 9.52. The molecular formula is C20H21FN8O. The Morgan fingerprint density at radius 3 is 2.73 bits per heavy atom. The number of carbonyl (C=O) groups excluding carboxylic acids is 1. The summed E-state index contributed by atoms with van der Waals surface area (Å²) in [4.78, 5) is 31.1. The van der Waals surface area contributed by atoms with E-state index in [4.69, 9.17) is 0 Å². The summed E-state index contributed by atoms with van der Waals surface area (Å²) in [6.07, 6.45) is 4.75. The minimum absolute atomic E-state index is 0.0579. The number of anilines is 4. The molecule has 10 heteroatoms. The smallest absolute Gasteiger partial charge is 0.239 e. The van der Waals surface area contributed by atoms with E-state index >= 15 is 0 Å². The van der Waals surface area contributed by atoms with Gasteiger partial charge in [0.2, 0.25) is 11.9 Å². The monoisotopic (exact) mass is 408 g/mol. The van der Waals surface area contributed by atoms with E-state index in [9.17, 15) is 9.18 Å². The average Bonchev–Trinajstić information content (AvgIpc) is 2.75. The summed E-state index contributed by atoms with van der Waals surface area (Å²) in [6.45, 7) is 3.34. The average molecular weight is 408 g/mol. The second kappa shape index (κ2) is 8.68. The van der Waals surface area contributed by atoms with Crippen molar-refractivity contribution in [1.82, 2.24) is 25.3 Å². The highest BCUT2D eigenvalue weighted by atomic mass is 19.1. The van der Waals surface area contributed by atoms with Crippen LogP contribution in [-0.4, -0.2) is 45.5 Å². The molecule has 1 atom stereocenters. The Labute approximate surface area is 172 Å². The molecule has 1 saturated heterocycles. The van der Waals surface area contributed by atoms with Gasteiger partial charge in [0.05, 0.1) is 18.8 Å². The van der Waals surface area contributed by atoms with Crippen molar-refractivity contribution >= 4 is 29.3 Å². The molecule has 3 aromatic rings. The van der Waals surface area contributed by atoms with Gasteiger partial charge in [0.25, 0.3) is 0 Å². The van der Waals surface area contributed by atoms with Crippen LogP contribution in [0.5, 0.6) is 0 Å². The van der Waals surface area contributed by atoms with Crippen LogP contribution in [0.25, 0.3) is 0 Å². The molecule has 0 aliphatic carbocycles. The molecule has 3 N–H and O–H groups in total. The first-order chi connectivity index (χ1) is 14.6. The predicted molar refractivity (Wildman–Crippen MR) is 111 cm³/mol. The van der Waals surface area contributed by atoms with E-state index in [1.54, 1.807) is 36.8 Å². The maximum atomic E-state index is 13.2. The number of carbonyl (C=O) groups is 1. The highest BCUT2D eigenvalue weighted by molar-refractivity contribution is 5.82. The molecule has 0 radical (unpaired) electrons. The molecule has 1 aromatic carbocycles. The third kappa shape index (κ3) is 4.77. The van der Waals surface area contributed by atoms with Gasteiger partial charge in [-0.2, -0.15) is 9.97 Å². The third-order valence-electron chi connectivity index (χ3n) is 4.61. The summed E-state index contributed by atoms with van der Waals surface area (Å²) in [5.74, 6) is 1.69. The number of rotatable bonds is 6. The standard InChI is InChI=1S/C20H21FN8O/c1-13(14-2-4-15(21)5-3-14)25-20-27-16(26-17-11-22-6-7-23-17)10-18(28-20)29-9-8-24-19(30)12-29/h2-7,10-11,13H,8-9,12H2,1H3,(H,24,30)(H2,23,25,26,27,28)/t13-/m0/s1. The van der Waals surface area contributed by atoms with Gasteiger partial charge in [-0.05, 0) is 24.6 Å². The first kappa shape index (κ1) is 19.5. The largest absolute Gasteiger partial charge is 0.353 e. The highest BCUT2D eigenvalue weighted by Crippen LogP contribution is 2.24. The van der Waals surface area contributed by atoms with Crippen molar-refractivity contribution in [2.75, 3.05) is 35.2 Å². The van der Waals surface area contributed by atoms with Gasteiger partial charge in [-0.25, -0.2) is 9.37 Å². The molecule has 0 bridgehead atoms. The van der Waals surface area contributed by atoms with E-state index in [1.807, 2.05) is 11.8 Å². The zero-order valence-electron chi connectivity index (χ0n) is 16.3. The molecular weight excluding hydrogens is 387 g/mol. The fourth-order valence-corrected chi connectivity index (χ4v) is 3.08. The summed E-state index contributed by atoms with van der Waals surface area (Å²) < 4.78 is 13.2. The van der Waals surface area contributed by atoms with E-state index < -0.39 is 0 Å². The van der Waals surface area contributed by atoms with Crippen LogP contribution in [0.4, 0.5) is 27.8 Å². The Balaban J connectivity index is 1.62. The lowest BCUT2D eigenvalue weighted by Gasteiger charge is -2.28. The van der Waals surface area contributed by atoms with E-state index in [0.717, 1.165) is 5.56 Å². The first-order valence-electron chi connectivity index (χ1n) is 9.52. The molecule has 1 aliphatic rings. The predicted octanol–water partition coefficient (Wildman–Crippen LogP) is 2.26. The van der Waals surface area contributed by atoms with Crippen LogP contribution in [0.1, 0.15) is 18.5 Å². The van der Waals surface area contributed by atoms with Gasteiger partial charge < -0.3 is 20.9 Å². The van der Waals surface area contributed by atoms with E-state index in [0.29, 0.717) is 36.5 Å². The third-order valence-corrected chi connectivity index (χ3v) is 4.61. The Morgan fingerprint density at radius 2 is 2.00 bits per heavy atom. The lowest BCUT2D eigenvalue weighted by molar-refractivity contribution is -0.120. The van der Waals surface area contributed by atoms with Gasteiger partial charge in [0, 0.05) is 31.5 Å². The SMILES string of the molecule is C[C@H](Nc1nc(Nc2cnccn2)cc(N2CCNC(=O)C2)n1)c1ccc(F)cc1. The number of halogens is 1. The summed E-state index contributed by atoms with van der Waals surface area (Å²) in [5, 5.41) is 9.17. The lowest BCUT2D eigenvalue weighted by atomic mass is 10.1. The van der Waals surface area contributed by atoms with Crippen LogP contribution in [0.3, 0.4) is 0 Å². The summed E-state index contributed by atoms with van der Waals surface area (Å²) in [6, 6.07) is 7.86. The number of aromatic nitrogens is 4. The molecule has 1 aliphatic heterocycles. The molecule has 2 aromatic heterocycles. The minimum Gasteiger partial charge on any atom is -0.353 e. The number of nitrogens with one attached hydrogen (secondary N) is 3. The topological polar surface area (TPSA) is 108 Å². The van der Waals surface area contributed by atoms with Crippen LogP contribution in [0, 0.1) is 5.82 Å². The molecule has 30 heavy (non-hydrogen) atoms. The van der Waals surface area contributed by atoms with Crippen molar-refractivity contribution in [1.29, 1.82) is 0 Å². The highest BCUT2D eigenvalue weighted by Gasteiger charge is 2.20. The number of piperazine rings is 1. The van der Waals surface area contributed by atoms with E-state index in [1.165, 1.54) is 12.1 Å². The number of hydrogen-bond acceptors (Lipinski definition) is 8. The molecule has 9 nitrogen and oxygen atoms in total. The molecule has 1 amide bonds. The zero-order valence-corrected chi connectivity index (χ0v) is 16.3. The second-order valence-electron chi connectivity index (χ2n) is 6.84. The Morgan fingerprint density at radius 1 is 1.17 bits per heavy atom. The number of nitrogens with zero attached hydrogens (tertiary/aromatic N) is 5. The molecule has 0 saturated carbocycles. The summed E-state index contributed by atoms with van der Waals surface area (Å²) in [7, 11) is 0. The van der Waals surface area contributed by atoms with Crippen molar-refractivity contribution in [2.24, 2.45) is 0 Å². The second-order valence-corrected chi connectivity index (χ2v) is 6.84. The summed E-state index contributed by atoms with van der Waals surface area (Å²) in [5.41, 5.74) is 0.895. The van der Waals surface area contributed by atoms with E-state index in [2.05, 4.69) is 35.9 Å². The quantitative estimate of drug-likeness (QED) is 0.570. The summed E-state index contributed by atoms with van der Waals surface area (Å²) >= 11 is 0. The van der Waals surface area contributed by atoms with Crippen molar-refractivity contribution in [3.63, 3.8) is 0 Å². The molecule has 0 unspecified atom stereocenters. The minimum atomic E-state index is -0.289. The molecule has 154 valence electrons. The van der Waals surface area contributed by atoms with Crippen molar-refractivity contribution in [3.8, 4) is 0 Å². The van der Waals surface area contributed by atoms with Gasteiger partial charge in [-0.1, -0.05) is 12.1 Å². The van der Waals surface area contributed by atoms with Crippen molar-refractivity contribution in [3.05, 3.63) is 60.3 Å². The number of amides is 1. The Kier molecular flexibility index (Phi) is 5.64. The zero-order chi connectivity index (χ0) is 20.9. The van der Waals surface area contributed by atoms with Crippen LogP contribution in [-0.2, 0) is 4.79 Å². The van der Waals surface area contributed by atoms with Gasteiger partial charge >= 0.3 is 0 Å². The Bertz CT molecular complexity index is 1020. The number of hydrogen-bond donors (Lipinski definition) is 3. The molecule has 3 heterocycles. The Hall–Kier alpha value is -3.82. The maximum absolute atomic E-state index is 13.2. The van der Waals surface area contributed by atoms with Crippen molar-refractivity contribution in [2.45, 2.75) is 13.0 Å². The van der Waals surface area contributed by atoms with Crippen LogP contribution in [0.2, 0.25) is 0 Å². The van der Waals surface area contributed by atoms with Gasteiger partial charge in [-0.3, -0.25) is 9.78 Å². The van der Waals surface area contributed by atoms with Gasteiger partial charge in [0.1, 0.15) is 23.3 Å². The van der Waals surface area contributed by atoms with Crippen molar-refractivity contribution < 1.29 is 9.18 Å². The van der Waals surface area contributed by atoms with Gasteiger partial charge in [0.15, 0.2) is 0 Å². The van der Waals surface area contributed by atoms with Gasteiger partial charge in [-0.15, -0.1) is 0 Å². The van der Waals surface area contributed by atoms with E-state index in [-0.39, 0.29) is 24.3 Å². The molecule has 4 rings (SSSR count). The van der Waals surface area contributed by atoms with Crippen LogP contribution < -0.4 is 20.9 Å². The number of benzene rings is 1. The fourth-order valence-electron chi connectivity index (χ4n) is 3.08. The normalized spacial score (nSPS) is 14.7. The maximum Gasteiger partial charge on any atom is 0.239 e.